The molecule has 1 heterocycles. The molecular weight excluding hydrogens is 256 g/mol. The lowest BCUT2D eigenvalue weighted by atomic mass is 10.1. The highest BCUT2D eigenvalue weighted by atomic mass is 32.2. The zero-order chi connectivity index (χ0) is 13.8. The highest BCUT2D eigenvalue weighted by Gasteiger charge is 2.11. The Hall–Kier alpha value is -1.81. The van der Waals surface area contributed by atoms with Gasteiger partial charge in [0.1, 0.15) is 5.03 Å². The zero-order valence-electron chi connectivity index (χ0n) is 11.2. The van der Waals surface area contributed by atoms with Gasteiger partial charge in [0.2, 0.25) is 0 Å². The highest BCUT2D eigenvalue weighted by molar-refractivity contribution is 7.99. The van der Waals surface area contributed by atoms with Crippen LogP contribution in [0.4, 0.5) is 0 Å². The lowest BCUT2D eigenvalue weighted by Crippen LogP contribution is -2.18. The summed E-state index contributed by atoms with van der Waals surface area (Å²) in [5.74, 6) is -0.112. The van der Waals surface area contributed by atoms with Crippen LogP contribution in [0.3, 0.4) is 0 Å². The number of nitrogens with one attached hydrogen (secondary N) is 1. The van der Waals surface area contributed by atoms with Crippen molar-refractivity contribution in [2.75, 3.05) is 7.05 Å². The molecular formula is C15H16N2OS. The average Bonchev–Trinajstić information content (AvgIpc) is 2.43. The number of aryl methyl sites for hydroxylation is 2. The quantitative estimate of drug-likeness (QED) is 0.933. The fraction of sp³-hybridized carbons (Fsp3) is 0.200. The van der Waals surface area contributed by atoms with Crippen LogP contribution in [0.1, 0.15) is 21.5 Å². The first kappa shape index (κ1) is 13.6. The van der Waals surface area contributed by atoms with Crippen molar-refractivity contribution in [3.63, 3.8) is 0 Å². The van der Waals surface area contributed by atoms with Crippen LogP contribution < -0.4 is 5.32 Å². The predicted octanol–water partition coefficient (Wildman–Crippen LogP) is 3.21. The molecule has 19 heavy (non-hydrogen) atoms. The summed E-state index contributed by atoms with van der Waals surface area (Å²) >= 11 is 1.51. The van der Waals surface area contributed by atoms with Gasteiger partial charge in [-0.1, -0.05) is 17.8 Å². The number of carbonyl (C=O) groups excluding carboxylic acids is 1. The van der Waals surface area contributed by atoms with E-state index in [1.807, 2.05) is 0 Å². The summed E-state index contributed by atoms with van der Waals surface area (Å²) in [5.41, 5.74) is 3.10. The molecule has 0 saturated heterocycles. The van der Waals surface area contributed by atoms with Crippen LogP contribution in [0.2, 0.25) is 0 Å². The predicted molar refractivity (Wildman–Crippen MR) is 77.7 cm³/mol. The second-order valence-electron chi connectivity index (χ2n) is 4.28. The maximum atomic E-state index is 11.8. The second-order valence-corrected chi connectivity index (χ2v) is 5.35. The Bertz CT molecular complexity index is 611. The van der Waals surface area contributed by atoms with Crippen molar-refractivity contribution in [3.8, 4) is 0 Å². The smallest absolute Gasteiger partial charge is 0.253 e. The lowest BCUT2D eigenvalue weighted by Gasteiger charge is -2.08. The lowest BCUT2D eigenvalue weighted by molar-refractivity contribution is 0.0959. The average molecular weight is 272 g/mol. The molecule has 1 aromatic heterocycles. The molecule has 1 aromatic carbocycles. The van der Waals surface area contributed by atoms with Crippen molar-refractivity contribution < 1.29 is 4.79 Å². The van der Waals surface area contributed by atoms with E-state index >= 15 is 0 Å². The first-order valence-electron chi connectivity index (χ1n) is 6.04. The molecule has 0 spiro atoms. The van der Waals surface area contributed by atoms with E-state index in [4.69, 9.17) is 0 Å². The summed E-state index contributed by atoms with van der Waals surface area (Å²) in [6.45, 7) is 4.16. The molecule has 2 aromatic rings. The van der Waals surface area contributed by atoms with Crippen molar-refractivity contribution >= 4 is 17.7 Å². The van der Waals surface area contributed by atoms with Gasteiger partial charge in [-0.2, -0.15) is 0 Å². The van der Waals surface area contributed by atoms with Gasteiger partial charge in [-0.3, -0.25) is 4.79 Å². The number of carbonyl (C=O) groups is 1. The van der Waals surface area contributed by atoms with Crippen LogP contribution in [0.5, 0.6) is 0 Å². The first-order chi connectivity index (χ1) is 9.11. The summed E-state index contributed by atoms with van der Waals surface area (Å²) in [7, 11) is 1.62. The van der Waals surface area contributed by atoms with Crippen molar-refractivity contribution in [2.24, 2.45) is 0 Å². The molecule has 0 aliphatic heterocycles. The van der Waals surface area contributed by atoms with Gasteiger partial charge in [-0.25, -0.2) is 4.98 Å². The van der Waals surface area contributed by atoms with Gasteiger partial charge in [-0.05, 0) is 49.2 Å². The molecule has 0 saturated carbocycles. The van der Waals surface area contributed by atoms with E-state index in [1.54, 1.807) is 25.4 Å². The van der Waals surface area contributed by atoms with E-state index in [1.165, 1.54) is 22.9 Å². The van der Waals surface area contributed by atoms with Crippen LogP contribution in [0, 0.1) is 13.8 Å². The van der Waals surface area contributed by atoms with E-state index < -0.39 is 0 Å². The van der Waals surface area contributed by atoms with E-state index in [2.05, 4.69) is 42.3 Å². The molecule has 2 rings (SSSR count). The molecule has 0 unspecified atom stereocenters. The molecule has 0 fully saturated rings. The standard InChI is InChI=1S/C15H16N2OS/c1-10-6-7-12(9-11(10)2)19-15-13(14(18)16-3)5-4-8-17-15/h4-9H,1-3H3,(H,16,18). The Balaban J connectivity index is 2.32. The number of hydrogen-bond donors (Lipinski definition) is 1. The fourth-order valence-corrected chi connectivity index (χ4v) is 2.65. The molecule has 98 valence electrons. The van der Waals surface area contributed by atoms with Gasteiger partial charge in [-0.15, -0.1) is 0 Å². The molecule has 0 radical (unpaired) electrons. The summed E-state index contributed by atoms with van der Waals surface area (Å²) in [4.78, 5) is 17.2. The minimum atomic E-state index is -0.112. The summed E-state index contributed by atoms with van der Waals surface area (Å²) in [5, 5.41) is 3.36. The van der Waals surface area contributed by atoms with Crippen molar-refractivity contribution in [1.29, 1.82) is 0 Å². The first-order valence-corrected chi connectivity index (χ1v) is 6.85. The van der Waals surface area contributed by atoms with Crippen LogP contribution in [-0.2, 0) is 0 Å². The van der Waals surface area contributed by atoms with Crippen molar-refractivity contribution in [3.05, 3.63) is 53.2 Å². The summed E-state index contributed by atoms with van der Waals surface area (Å²) in [6, 6.07) is 9.81. The van der Waals surface area contributed by atoms with E-state index in [0.29, 0.717) is 5.56 Å². The Kier molecular flexibility index (Phi) is 4.22. The third-order valence-corrected chi connectivity index (χ3v) is 3.94. The fourth-order valence-electron chi connectivity index (χ4n) is 1.67. The number of hydrogen-bond acceptors (Lipinski definition) is 3. The van der Waals surface area contributed by atoms with E-state index in [9.17, 15) is 4.79 Å². The van der Waals surface area contributed by atoms with Gasteiger partial charge in [0.15, 0.2) is 0 Å². The van der Waals surface area contributed by atoms with Gasteiger partial charge < -0.3 is 5.32 Å². The maximum Gasteiger partial charge on any atom is 0.253 e. The Labute approximate surface area is 117 Å². The van der Waals surface area contributed by atoms with E-state index in [0.717, 1.165) is 9.92 Å². The van der Waals surface area contributed by atoms with Crippen molar-refractivity contribution in [2.45, 2.75) is 23.8 Å². The SMILES string of the molecule is CNC(=O)c1cccnc1Sc1ccc(C)c(C)c1. The number of aromatic nitrogens is 1. The number of amides is 1. The molecule has 0 bridgehead atoms. The van der Waals surface area contributed by atoms with Gasteiger partial charge in [0.25, 0.3) is 5.91 Å². The molecule has 3 nitrogen and oxygen atoms in total. The molecule has 0 aliphatic rings. The molecule has 0 atom stereocenters. The minimum Gasteiger partial charge on any atom is -0.355 e. The minimum absolute atomic E-state index is 0.112. The Morgan fingerprint density at radius 3 is 2.68 bits per heavy atom. The molecule has 1 amide bonds. The number of rotatable bonds is 3. The number of benzene rings is 1. The monoisotopic (exact) mass is 272 g/mol. The third-order valence-electron chi connectivity index (χ3n) is 2.94. The van der Waals surface area contributed by atoms with Crippen LogP contribution in [0.25, 0.3) is 0 Å². The van der Waals surface area contributed by atoms with Crippen LogP contribution in [-0.4, -0.2) is 17.9 Å². The number of pyridine rings is 1. The molecule has 4 heteroatoms. The summed E-state index contributed by atoms with van der Waals surface area (Å²) < 4.78 is 0. The zero-order valence-corrected chi connectivity index (χ0v) is 12.0. The Morgan fingerprint density at radius 1 is 1.21 bits per heavy atom. The topological polar surface area (TPSA) is 42.0 Å². The third kappa shape index (κ3) is 3.15. The van der Waals surface area contributed by atoms with Gasteiger partial charge in [0.05, 0.1) is 5.56 Å². The second kappa shape index (κ2) is 5.89. The maximum absolute atomic E-state index is 11.8. The van der Waals surface area contributed by atoms with Crippen LogP contribution in [0.15, 0.2) is 46.5 Å². The summed E-state index contributed by atoms with van der Waals surface area (Å²) in [6.07, 6.45) is 1.70. The van der Waals surface area contributed by atoms with E-state index in [-0.39, 0.29) is 5.91 Å². The normalized spacial score (nSPS) is 10.3. The van der Waals surface area contributed by atoms with Gasteiger partial charge in [0, 0.05) is 18.1 Å². The van der Waals surface area contributed by atoms with Gasteiger partial charge >= 0.3 is 0 Å². The molecule has 1 N–H and O–H groups in total. The molecule has 0 aliphatic carbocycles. The number of nitrogens with zero attached hydrogens (tertiary/aromatic N) is 1. The largest absolute Gasteiger partial charge is 0.355 e. The van der Waals surface area contributed by atoms with Crippen molar-refractivity contribution in [1.82, 2.24) is 10.3 Å². The Morgan fingerprint density at radius 2 is 2.00 bits per heavy atom. The highest BCUT2D eigenvalue weighted by Crippen LogP contribution is 2.29. The van der Waals surface area contributed by atoms with Crippen LogP contribution >= 0.6 is 11.8 Å².